The van der Waals surface area contributed by atoms with E-state index >= 15 is 0 Å². The topological polar surface area (TPSA) is 54.8 Å². The van der Waals surface area contributed by atoms with Gasteiger partial charge in [0.05, 0.1) is 7.11 Å². The lowest BCUT2D eigenvalue weighted by Gasteiger charge is -2.35. The van der Waals surface area contributed by atoms with Crippen molar-refractivity contribution in [2.75, 3.05) is 33.3 Å². The fraction of sp³-hybridized carbons (Fsp3) is 0.400. The quantitative estimate of drug-likeness (QED) is 0.774. The van der Waals surface area contributed by atoms with Crippen LogP contribution in [0.15, 0.2) is 47.4 Å². The Morgan fingerprint density at radius 2 is 1.93 bits per heavy atom. The van der Waals surface area contributed by atoms with E-state index in [2.05, 4.69) is 4.90 Å². The van der Waals surface area contributed by atoms with Crippen LogP contribution in [0.3, 0.4) is 0 Å². The maximum Gasteiger partial charge on any atom is 0.250 e. The van der Waals surface area contributed by atoms with Crippen molar-refractivity contribution in [2.45, 2.75) is 19.5 Å². The minimum Gasteiger partial charge on any atom is -0.494 e. The fourth-order valence-corrected chi connectivity index (χ4v) is 3.24. The summed E-state index contributed by atoms with van der Waals surface area (Å²) in [4.78, 5) is 28.1. The number of pyridine rings is 1. The first kappa shape index (κ1) is 19.1. The Morgan fingerprint density at radius 1 is 1.15 bits per heavy atom. The maximum atomic E-state index is 13.8. The van der Waals surface area contributed by atoms with Crippen LogP contribution in [0.4, 0.5) is 4.39 Å². The number of nitrogens with zero attached hydrogens (tertiary/aromatic N) is 3. The predicted octanol–water partition coefficient (Wildman–Crippen LogP) is 1.73. The van der Waals surface area contributed by atoms with Gasteiger partial charge >= 0.3 is 0 Å². The number of ether oxygens (including phenoxy) is 1. The lowest BCUT2D eigenvalue weighted by Crippen LogP contribution is -2.48. The van der Waals surface area contributed by atoms with Crippen molar-refractivity contribution in [3.8, 4) is 5.75 Å². The zero-order valence-corrected chi connectivity index (χ0v) is 15.4. The number of aryl methyl sites for hydroxylation is 1. The van der Waals surface area contributed by atoms with E-state index in [0.717, 1.165) is 18.7 Å². The molecule has 1 aliphatic heterocycles. The summed E-state index contributed by atoms with van der Waals surface area (Å²) in [6.45, 7) is 3.80. The Morgan fingerprint density at radius 3 is 2.59 bits per heavy atom. The Kier molecular flexibility index (Phi) is 6.24. The predicted molar refractivity (Wildman–Crippen MR) is 100 cm³/mol. The smallest absolute Gasteiger partial charge is 0.250 e. The molecule has 2 aromatic rings. The molecule has 1 aromatic heterocycles. The first-order valence-electron chi connectivity index (χ1n) is 9.05. The maximum absolute atomic E-state index is 13.8. The number of methoxy groups -OCH3 is 1. The van der Waals surface area contributed by atoms with Gasteiger partial charge in [-0.25, -0.2) is 4.39 Å². The molecule has 144 valence electrons. The summed E-state index contributed by atoms with van der Waals surface area (Å²) in [7, 11) is 1.45. The highest BCUT2D eigenvalue weighted by Crippen LogP contribution is 2.19. The SMILES string of the molecule is COc1ccc(CN2CCN(C(=O)CCn3ccccc3=O)CC2)cc1F. The molecule has 7 heteroatoms. The largest absolute Gasteiger partial charge is 0.494 e. The number of hydrogen-bond donors (Lipinski definition) is 0. The summed E-state index contributed by atoms with van der Waals surface area (Å²) in [6, 6.07) is 9.95. The van der Waals surface area contributed by atoms with Crippen molar-refractivity contribution in [1.82, 2.24) is 14.4 Å². The van der Waals surface area contributed by atoms with Gasteiger partial charge in [-0.05, 0) is 23.8 Å². The number of carbonyl (C=O) groups is 1. The third kappa shape index (κ3) is 4.95. The van der Waals surface area contributed by atoms with E-state index < -0.39 is 0 Å². The summed E-state index contributed by atoms with van der Waals surface area (Å²) in [5.41, 5.74) is 0.790. The Balaban J connectivity index is 1.47. The van der Waals surface area contributed by atoms with Gasteiger partial charge in [0.25, 0.3) is 5.56 Å². The van der Waals surface area contributed by atoms with Crippen molar-refractivity contribution in [2.24, 2.45) is 0 Å². The Hall–Kier alpha value is -2.67. The molecular weight excluding hydrogens is 349 g/mol. The molecule has 0 saturated carbocycles. The molecule has 0 spiro atoms. The van der Waals surface area contributed by atoms with E-state index in [4.69, 9.17) is 4.74 Å². The summed E-state index contributed by atoms with van der Waals surface area (Å²) in [5, 5.41) is 0. The zero-order chi connectivity index (χ0) is 19.2. The highest BCUT2D eigenvalue weighted by Gasteiger charge is 2.21. The number of carbonyl (C=O) groups excluding carboxylic acids is 1. The van der Waals surface area contributed by atoms with Crippen LogP contribution < -0.4 is 10.3 Å². The van der Waals surface area contributed by atoms with Gasteiger partial charge in [-0.15, -0.1) is 0 Å². The van der Waals surface area contributed by atoms with Crippen molar-refractivity contribution < 1.29 is 13.9 Å². The molecule has 0 aliphatic carbocycles. The van der Waals surface area contributed by atoms with Crippen LogP contribution >= 0.6 is 0 Å². The molecule has 3 rings (SSSR count). The molecule has 1 aromatic carbocycles. The minimum absolute atomic E-state index is 0.0564. The summed E-state index contributed by atoms with van der Waals surface area (Å²) >= 11 is 0. The highest BCUT2D eigenvalue weighted by molar-refractivity contribution is 5.76. The van der Waals surface area contributed by atoms with E-state index in [1.807, 2.05) is 11.0 Å². The van der Waals surface area contributed by atoms with Crippen molar-refractivity contribution >= 4 is 5.91 Å². The minimum atomic E-state index is -0.361. The Bertz CT molecular complexity index is 844. The number of aromatic nitrogens is 1. The third-order valence-electron chi connectivity index (χ3n) is 4.81. The molecular formula is C20H24FN3O3. The second kappa shape index (κ2) is 8.81. The number of benzene rings is 1. The average Bonchev–Trinajstić information content (AvgIpc) is 2.68. The monoisotopic (exact) mass is 373 g/mol. The van der Waals surface area contributed by atoms with Crippen LogP contribution in [0.5, 0.6) is 5.75 Å². The number of hydrogen-bond acceptors (Lipinski definition) is 4. The normalized spacial score (nSPS) is 15.0. The molecule has 6 nitrogen and oxygen atoms in total. The fourth-order valence-electron chi connectivity index (χ4n) is 3.24. The van der Waals surface area contributed by atoms with Gasteiger partial charge in [-0.3, -0.25) is 14.5 Å². The first-order valence-corrected chi connectivity index (χ1v) is 9.05. The number of halogens is 1. The second-order valence-corrected chi connectivity index (χ2v) is 6.61. The molecule has 0 unspecified atom stereocenters. The van der Waals surface area contributed by atoms with Crippen molar-refractivity contribution in [3.63, 3.8) is 0 Å². The average molecular weight is 373 g/mol. The van der Waals surface area contributed by atoms with E-state index in [1.165, 1.54) is 19.2 Å². The molecule has 0 N–H and O–H groups in total. The van der Waals surface area contributed by atoms with Gasteiger partial charge in [0.15, 0.2) is 11.6 Å². The van der Waals surface area contributed by atoms with Gasteiger partial charge in [-0.2, -0.15) is 0 Å². The molecule has 1 amide bonds. The van der Waals surface area contributed by atoms with Crippen LogP contribution in [0, 0.1) is 5.82 Å². The molecule has 1 aliphatic rings. The van der Waals surface area contributed by atoms with Gasteiger partial charge in [0.2, 0.25) is 5.91 Å². The van der Waals surface area contributed by atoms with Crippen LogP contribution in [0.2, 0.25) is 0 Å². The summed E-state index contributed by atoms with van der Waals surface area (Å²) < 4.78 is 20.3. The van der Waals surface area contributed by atoms with Crippen LogP contribution in [0.25, 0.3) is 0 Å². The molecule has 1 saturated heterocycles. The molecule has 1 fully saturated rings. The molecule has 2 heterocycles. The molecule has 27 heavy (non-hydrogen) atoms. The van der Waals surface area contributed by atoms with Gasteiger partial charge in [0.1, 0.15) is 0 Å². The zero-order valence-electron chi connectivity index (χ0n) is 15.4. The standard InChI is InChI=1S/C20H24FN3O3/c1-27-18-6-5-16(14-17(18)21)15-22-10-12-24(13-11-22)20(26)7-9-23-8-3-2-4-19(23)25/h2-6,8,14H,7,9-13,15H2,1H3. The van der Waals surface area contributed by atoms with Crippen LogP contribution in [-0.2, 0) is 17.9 Å². The van der Waals surface area contributed by atoms with Crippen molar-refractivity contribution in [3.05, 3.63) is 64.3 Å². The van der Waals surface area contributed by atoms with Gasteiger partial charge in [-0.1, -0.05) is 12.1 Å². The van der Waals surface area contributed by atoms with Crippen LogP contribution in [-0.4, -0.2) is 53.6 Å². The second-order valence-electron chi connectivity index (χ2n) is 6.61. The lowest BCUT2D eigenvalue weighted by molar-refractivity contribution is -0.133. The van der Waals surface area contributed by atoms with Gasteiger partial charge in [0, 0.05) is 58.0 Å². The molecule has 0 bridgehead atoms. The van der Waals surface area contributed by atoms with Gasteiger partial charge < -0.3 is 14.2 Å². The molecule has 0 radical (unpaired) electrons. The summed E-state index contributed by atoms with van der Waals surface area (Å²) in [5.74, 6) is -0.0625. The van der Waals surface area contributed by atoms with E-state index in [-0.39, 0.29) is 23.0 Å². The first-order chi connectivity index (χ1) is 13.1. The Labute approximate surface area is 157 Å². The van der Waals surface area contributed by atoms with E-state index in [0.29, 0.717) is 32.6 Å². The molecule has 0 atom stereocenters. The third-order valence-corrected chi connectivity index (χ3v) is 4.81. The summed E-state index contributed by atoms with van der Waals surface area (Å²) in [6.07, 6.45) is 2.01. The van der Waals surface area contributed by atoms with E-state index in [9.17, 15) is 14.0 Å². The number of amides is 1. The highest BCUT2D eigenvalue weighted by atomic mass is 19.1. The lowest BCUT2D eigenvalue weighted by atomic mass is 10.1. The van der Waals surface area contributed by atoms with Crippen molar-refractivity contribution in [1.29, 1.82) is 0 Å². The number of piperazine rings is 1. The van der Waals surface area contributed by atoms with E-state index in [1.54, 1.807) is 29.0 Å². The number of rotatable bonds is 6. The van der Waals surface area contributed by atoms with Crippen LogP contribution in [0.1, 0.15) is 12.0 Å².